The SMILES string of the molecule is CN(CC1CCCC1)S(=O)(=O)c1ccc(Br)s1. The summed E-state index contributed by atoms with van der Waals surface area (Å²) in [5.41, 5.74) is 0. The second-order valence-corrected chi connectivity index (χ2v) is 9.23. The van der Waals surface area contributed by atoms with E-state index in [4.69, 9.17) is 0 Å². The van der Waals surface area contributed by atoms with Crippen LogP contribution in [0.5, 0.6) is 0 Å². The van der Waals surface area contributed by atoms with Crippen molar-refractivity contribution in [3.8, 4) is 0 Å². The number of hydrogen-bond acceptors (Lipinski definition) is 3. The van der Waals surface area contributed by atoms with E-state index in [0.29, 0.717) is 16.7 Å². The Morgan fingerprint density at radius 1 is 1.41 bits per heavy atom. The molecule has 0 radical (unpaired) electrons. The molecule has 0 aromatic carbocycles. The number of nitrogens with zero attached hydrogens (tertiary/aromatic N) is 1. The van der Waals surface area contributed by atoms with Crippen LogP contribution in [0.2, 0.25) is 0 Å². The summed E-state index contributed by atoms with van der Waals surface area (Å²) in [5, 5.41) is 0. The van der Waals surface area contributed by atoms with Crippen molar-refractivity contribution >= 4 is 37.3 Å². The summed E-state index contributed by atoms with van der Waals surface area (Å²) >= 11 is 4.57. The molecule has 17 heavy (non-hydrogen) atoms. The third-order valence-electron chi connectivity index (χ3n) is 3.20. The lowest BCUT2D eigenvalue weighted by molar-refractivity contribution is 0.388. The molecule has 0 saturated heterocycles. The highest BCUT2D eigenvalue weighted by Gasteiger charge is 2.26. The summed E-state index contributed by atoms with van der Waals surface area (Å²) in [4.78, 5) is 0. The Balaban J connectivity index is 2.09. The first-order chi connectivity index (χ1) is 8.00. The van der Waals surface area contributed by atoms with E-state index in [0.717, 1.165) is 16.6 Å². The third-order valence-corrected chi connectivity index (χ3v) is 7.12. The first kappa shape index (κ1) is 13.5. The van der Waals surface area contributed by atoms with E-state index < -0.39 is 10.0 Å². The van der Waals surface area contributed by atoms with E-state index in [2.05, 4.69) is 15.9 Å². The Kier molecular flexibility index (Phi) is 4.28. The van der Waals surface area contributed by atoms with Gasteiger partial charge in [-0.1, -0.05) is 12.8 Å². The molecule has 1 saturated carbocycles. The highest BCUT2D eigenvalue weighted by atomic mass is 79.9. The predicted octanol–water partition coefficient (Wildman–Crippen LogP) is 3.32. The van der Waals surface area contributed by atoms with Gasteiger partial charge in [0.1, 0.15) is 4.21 Å². The second-order valence-electron chi connectivity index (χ2n) is 4.49. The fourth-order valence-corrected chi connectivity index (χ4v) is 5.71. The van der Waals surface area contributed by atoms with Gasteiger partial charge in [-0.2, -0.15) is 4.31 Å². The summed E-state index contributed by atoms with van der Waals surface area (Å²) in [6.45, 7) is 0.651. The zero-order chi connectivity index (χ0) is 12.5. The van der Waals surface area contributed by atoms with Crippen LogP contribution in [0, 0.1) is 5.92 Å². The van der Waals surface area contributed by atoms with E-state index >= 15 is 0 Å². The van der Waals surface area contributed by atoms with Gasteiger partial charge in [-0.25, -0.2) is 8.42 Å². The monoisotopic (exact) mass is 337 g/mol. The molecule has 0 amide bonds. The lowest BCUT2D eigenvalue weighted by Crippen LogP contribution is -2.30. The minimum atomic E-state index is -3.28. The number of hydrogen-bond donors (Lipinski definition) is 0. The minimum absolute atomic E-state index is 0.421. The predicted molar refractivity (Wildman–Crippen MR) is 73.8 cm³/mol. The van der Waals surface area contributed by atoms with Crippen molar-refractivity contribution in [1.82, 2.24) is 4.31 Å². The largest absolute Gasteiger partial charge is 0.252 e. The number of sulfonamides is 1. The fraction of sp³-hybridized carbons (Fsp3) is 0.636. The van der Waals surface area contributed by atoms with E-state index in [1.165, 1.54) is 28.5 Å². The molecule has 0 atom stereocenters. The second kappa shape index (κ2) is 5.38. The summed E-state index contributed by atoms with van der Waals surface area (Å²) in [6, 6.07) is 3.44. The lowest BCUT2D eigenvalue weighted by atomic mass is 10.1. The highest BCUT2D eigenvalue weighted by Crippen LogP contribution is 2.30. The quantitative estimate of drug-likeness (QED) is 0.845. The average Bonchev–Trinajstić information content (AvgIpc) is 2.89. The van der Waals surface area contributed by atoms with Crippen LogP contribution in [-0.2, 0) is 10.0 Å². The summed E-state index contributed by atoms with van der Waals surface area (Å²) < 4.78 is 27.3. The lowest BCUT2D eigenvalue weighted by Gasteiger charge is -2.19. The molecule has 1 aliphatic rings. The van der Waals surface area contributed by atoms with Crippen molar-refractivity contribution in [2.45, 2.75) is 29.9 Å². The molecule has 0 N–H and O–H groups in total. The highest BCUT2D eigenvalue weighted by molar-refractivity contribution is 9.11. The number of thiophene rings is 1. The summed E-state index contributed by atoms with van der Waals surface area (Å²) in [7, 11) is -1.60. The van der Waals surface area contributed by atoms with E-state index in [1.54, 1.807) is 19.2 Å². The molecular weight excluding hydrogens is 322 g/mol. The van der Waals surface area contributed by atoms with Gasteiger partial charge in [-0.15, -0.1) is 11.3 Å². The maximum Gasteiger partial charge on any atom is 0.252 e. The van der Waals surface area contributed by atoms with Crippen LogP contribution in [-0.4, -0.2) is 26.3 Å². The Morgan fingerprint density at radius 3 is 2.59 bits per heavy atom. The van der Waals surface area contributed by atoms with Crippen LogP contribution in [0.15, 0.2) is 20.1 Å². The van der Waals surface area contributed by atoms with Gasteiger partial charge >= 0.3 is 0 Å². The van der Waals surface area contributed by atoms with Gasteiger partial charge in [0.2, 0.25) is 0 Å². The molecule has 0 aliphatic heterocycles. The molecule has 2 rings (SSSR count). The molecule has 0 unspecified atom stereocenters. The number of halogens is 1. The first-order valence-corrected chi connectivity index (χ1v) is 8.77. The first-order valence-electron chi connectivity index (χ1n) is 5.72. The van der Waals surface area contributed by atoms with Crippen LogP contribution >= 0.6 is 27.3 Å². The maximum atomic E-state index is 12.2. The summed E-state index contributed by atoms with van der Waals surface area (Å²) in [6.07, 6.45) is 4.80. The summed E-state index contributed by atoms with van der Waals surface area (Å²) in [5.74, 6) is 0.540. The van der Waals surface area contributed by atoms with Crippen LogP contribution in [0.4, 0.5) is 0 Å². The van der Waals surface area contributed by atoms with Gasteiger partial charge in [0.25, 0.3) is 10.0 Å². The van der Waals surface area contributed by atoms with E-state index in [9.17, 15) is 8.42 Å². The molecule has 1 aromatic heterocycles. The molecule has 1 aliphatic carbocycles. The van der Waals surface area contributed by atoms with Crippen molar-refractivity contribution in [2.24, 2.45) is 5.92 Å². The standard InChI is InChI=1S/C11H16BrNO2S2/c1-13(8-9-4-2-3-5-9)17(14,15)11-7-6-10(12)16-11/h6-7,9H,2-5,8H2,1H3. The molecule has 1 heterocycles. The van der Waals surface area contributed by atoms with Gasteiger partial charge in [0, 0.05) is 13.6 Å². The van der Waals surface area contributed by atoms with Crippen molar-refractivity contribution in [3.05, 3.63) is 15.9 Å². The third kappa shape index (κ3) is 3.10. The smallest absolute Gasteiger partial charge is 0.206 e. The van der Waals surface area contributed by atoms with Gasteiger partial charge in [-0.05, 0) is 46.8 Å². The zero-order valence-corrected chi connectivity index (χ0v) is 12.9. The molecule has 6 heteroatoms. The Hall–Kier alpha value is 0.0900. The fourth-order valence-electron chi connectivity index (χ4n) is 2.24. The molecule has 0 bridgehead atoms. The molecule has 3 nitrogen and oxygen atoms in total. The van der Waals surface area contributed by atoms with Crippen molar-refractivity contribution in [3.63, 3.8) is 0 Å². The van der Waals surface area contributed by atoms with Crippen molar-refractivity contribution < 1.29 is 8.42 Å². The molecule has 0 spiro atoms. The maximum absolute atomic E-state index is 12.2. The Morgan fingerprint density at radius 2 is 2.06 bits per heavy atom. The van der Waals surface area contributed by atoms with Crippen LogP contribution in [0.3, 0.4) is 0 Å². The number of rotatable bonds is 4. The van der Waals surface area contributed by atoms with Crippen molar-refractivity contribution in [1.29, 1.82) is 0 Å². The van der Waals surface area contributed by atoms with Crippen LogP contribution in [0.25, 0.3) is 0 Å². The average molecular weight is 338 g/mol. The molecular formula is C11H16BrNO2S2. The van der Waals surface area contributed by atoms with Gasteiger partial charge < -0.3 is 0 Å². The van der Waals surface area contributed by atoms with Crippen molar-refractivity contribution in [2.75, 3.05) is 13.6 Å². The van der Waals surface area contributed by atoms with Crippen LogP contribution < -0.4 is 0 Å². The normalized spacial score (nSPS) is 18.1. The molecule has 96 valence electrons. The molecule has 1 fully saturated rings. The molecule has 1 aromatic rings. The zero-order valence-electron chi connectivity index (χ0n) is 9.73. The Bertz CT molecular complexity index is 477. The van der Waals surface area contributed by atoms with Gasteiger partial charge in [-0.3, -0.25) is 0 Å². The topological polar surface area (TPSA) is 37.4 Å². The van der Waals surface area contributed by atoms with Crippen LogP contribution in [0.1, 0.15) is 25.7 Å². The minimum Gasteiger partial charge on any atom is -0.206 e. The van der Waals surface area contributed by atoms with E-state index in [-0.39, 0.29) is 0 Å². The van der Waals surface area contributed by atoms with E-state index in [1.807, 2.05) is 0 Å². The Labute approximate surface area is 115 Å². The van der Waals surface area contributed by atoms with Gasteiger partial charge in [0.15, 0.2) is 0 Å². The van der Waals surface area contributed by atoms with Gasteiger partial charge in [0.05, 0.1) is 3.79 Å².